The van der Waals surface area contributed by atoms with Gasteiger partial charge >= 0.3 is 0 Å². The summed E-state index contributed by atoms with van der Waals surface area (Å²) < 4.78 is 9.25. The molecule has 0 amide bonds. The molecule has 0 saturated carbocycles. The molecule has 9 aromatic carbocycles. The molecule has 0 aliphatic heterocycles. The number of hydrogen-bond acceptors (Lipinski definition) is 2. The average Bonchev–Trinajstić information content (AvgIpc) is 4.06. The van der Waals surface area contributed by atoms with Crippen LogP contribution in [0.25, 0.3) is 110 Å². The topological polar surface area (TPSA) is 67.3 Å². The second-order valence-electron chi connectivity index (χ2n) is 15.9. The van der Waals surface area contributed by atoms with E-state index in [-0.39, 0.29) is 0 Å². The van der Waals surface area contributed by atoms with Gasteiger partial charge < -0.3 is 18.3 Å². The average molecular weight is 789 g/mol. The molecule has 0 fully saturated rings. The third-order valence-electron chi connectivity index (χ3n) is 12.8. The van der Waals surface area contributed by atoms with Gasteiger partial charge in [0.2, 0.25) is 0 Å². The van der Waals surface area contributed by atoms with Crippen molar-refractivity contribution in [3.63, 3.8) is 0 Å². The second-order valence-corrected chi connectivity index (χ2v) is 15.9. The Morgan fingerprint density at radius 2 is 0.532 bits per heavy atom. The van der Waals surface area contributed by atoms with Crippen molar-refractivity contribution in [2.45, 2.75) is 0 Å². The largest absolute Gasteiger partial charge is 0.307 e. The van der Waals surface area contributed by atoms with Crippen molar-refractivity contribution in [1.82, 2.24) is 18.3 Å². The fourth-order valence-electron chi connectivity index (χ4n) is 10.4. The standard InChI is InChI=1S/C56H32N6/c57-33-35-27-28-36(34-58)52(62-50-26-14-10-22-42(50)46-32-30-44-40-20-8-12-24-48(40)60(54(44)56(46)62)38-17-5-2-6-18-38)51(35)61-49-25-13-9-21-41(49)45-31-29-43-39-19-7-11-23-47(39)59(53(43)55(45)61)37-15-3-1-4-16-37/h1-32H. The van der Waals surface area contributed by atoms with Gasteiger partial charge in [-0.1, -0.05) is 133 Å². The van der Waals surface area contributed by atoms with Crippen LogP contribution in [0.15, 0.2) is 194 Å². The highest BCUT2D eigenvalue weighted by molar-refractivity contribution is 6.26. The number of nitrogens with zero attached hydrogens (tertiary/aromatic N) is 6. The van der Waals surface area contributed by atoms with Gasteiger partial charge in [0.05, 0.1) is 66.6 Å². The zero-order valence-corrected chi connectivity index (χ0v) is 33.2. The van der Waals surface area contributed by atoms with Crippen molar-refractivity contribution >= 4 is 87.2 Å². The fraction of sp³-hybridized carbons (Fsp3) is 0. The predicted octanol–water partition coefficient (Wildman–Crippen LogP) is 13.8. The monoisotopic (exact) mass is 788 g/mol. The highest BCUT2D eigenvalue weighted by atomic mass is 15.1. The predicted molar refractivity (Wildman–Crippen MR) is 253 cm³/mol. The number of nitriles is 2. The van der Waals surface area contributed by atoms with Gasteiger partial charge in [-0.2, -0.15) is 10.5 Å². The van der Waals surface area contributed by atoms with Crippen LogP contribution in [0.5, 0.6) is 0 Å². The number of aromatic nitrogens is 4. The van der Waals surface area contributed by atoms with Crippen LogP contribution in [0.1, 0.15) is 11.1 Å². The van der Waals surface area contributed by atoms with E-state index in [4.69, 9.17) is 0 Å². The van der Waals surface area contributed by atoms with Crippen molar-refractivity contribution in [2.75, 3.05) is 0 Å². The van der Waals surface area contributed by atoms with Crippen LogP contribution in [0.4, 0.5) is 0 Å². The Morgan fingerprint density at radius 1 is 0.258 bits per heavy atom. The Balaban J connectivity index is 1.30. The molecule has 13 rings (SSSR count). The molecule has 0 aliphatic rings. The lowest BCUT2D eigenvalue weighted by atomic mass is 10.0. The molecule has 0 bridgehead atoms. The zero-order valence-electron chi connectivity index (χ0n) is 33.2. The lowest BCUT2D eigenvalue weighted by Crippen LogP contribution is -2.09. The molecule has 0 saturated heterocycles. The van der Waals surface area contributed by atoms with Gasteiger partial charge in [0.15, 0.2) is 0 Å². The Kier molecular flexibility index (Phi) is 7.05. The highest BCUT2D eigenvalue weighted by Crippen LogP contribution is 2.47. The summed E-state index contributed by atoms with van der Waals surface area (Å²) in [6, 6.07) is 72.8. The molecular weight excluding hydrogens is 757 g/mol. The van der Waals surface area contributed by atoms with Crippen molar-refractivity contribution in [3.8, 4) is 34.9 Å². The van der Waals surface area contributed by atoms with Gasteiger partial charge in [-0.05, 0) is 60.7 Å². The molecule has 0 N–H and O–H groups in total. The van der Waals surface area contributed by atoms with Crippen LogP contribution in [0, 0.1) is 22.7 Å². The van der Waals surface area contributed by atoms with Crippen molar-refractivity contribution < 1.29 is 0 Å². The first kappa shape index (κ1) is 34.1. The molecule has 4 aromatic heterocycles. The van der Waals surface area contributed by atoms with Crippen LogP contribution < -0.4 is 0 Å². The minimum atomic E-state index is 0.461. The number of benzene rings is 9. The van der Waals surface area contributed by atoms with E-state index in [0.717, 1.165) is 98.6 Å². The molecule has 4 heterocycles. The van der Waals surface area contributed by atoms with Crippen LogP contribution in [0.3, 0.4) is 0 Å². The van der Waals surface area contributed by atoms with Crippen molar-refractivity contribution in [2.24, 2.45) is 0 Å². The van der Waals surface area contributed by atoms with E-state index in [9.17, 15) is 10.5 Å². The molecule has 6 nitrogen and oxygen atoms in total. The molecule has 286 valence electrons. The molecule has 0 atom stereocenters. The molecular formula is C56H32N6. The summed E-state index contributed by atoms with van der Waals surface area (Å²) in [7, 11) is 0. The number of para-hydroxylation sites is 6. The maximum absolute atomic E-state index is 11.3. The van der Waals surface area contributed by atoms with Crippen LogP contribution in [-0.2, 0) is 0 Å². The molecule has 0 radical (unpaired) electrons. The SMILES string of the molecule is N#Cc1ccc(C#N)c(-n2c3ccccc3c3ccc4c5ccccc5n(-c5ccccc5)c4c32)c1-n1c2ccccc2c2ccc3c4ccccc4n(-c4ccccc4)c3c21. The van der Waals surface area contributed by atoms with E-state index in [2.05, 4.69) is 200 Å². The summed E-state index contributed by atoms with van der Waals surface area (Å²) in [6.07, 6.45) is 0. The van der Waals surface area contributed by atoms with E-state index in [1.54, 1.807) is 0 Å². The fourth-order valence-corrected chi connectivity index (χ4v) is 10.4. The van der Waals surface area contributed by atoms with E-state index in [0.29, 0.717) is 22.5 Å². The summed E-state index contributed by atoms with van der Waals surface area (Å²) in [5, 5.41) is 31.3. The van der Waals surface area contributed by atoms with Crippen LogP contribution in [0.2, 0.25) is 0 Å². The third-order valence-corrected chi connectivity index (χ3v) is 12.8. The van der Waals surface area contributed by atoms with Gasteiger partial charge in [-0.15, -0.1) is 0 Å². The first-order valence-electron chi connectivity index (χ1n) is 20.7. The summed E-state index contributed by atoms with van der Waals surface area (Å²) in [4.78, 5) is 0. The summed E-state index contributed by atoms with van der Waals surface area (Å²) in [6.45, 7) is 0. The van der Waals surface area contributed by atoms with E-state index in [1.807, 2.05) is 24.3 Å². The minimum Gasteiger partial charge on any atom is -0.307 e. The van der Waals surface area contributed by atoms with Gasteiger partial charge in [-0.25, -0.2) is 0 Å². The Bertz CT molecular complexity index is 3840. The smallest absolute Gasteiger partial charge is 0.101 e. The maximum Gasteiger partial charge on any atom is 0.101 e. The van der Waals surface area contributed by atoms with Crippen molar-refractivity contribution in [3.05, 3.63) is 205 Å². The molecule has 0 unspecified atom stereocenters. The Hall–Kier alpha value is -8.84. The summed E-state index contributed by atoms with van der Waals surface area (Å²) >= 11 is 0. The summed E-state index contributed by atoms with van der Waals surface area (Å²) in [5.41, 5.74) is 12.3. The van der Waals surface area contributed by atoms with Gasteiger partial charge in [-0.3, -0.25) is 0 Å². The highest BCUT2D eigenvalue weighted by Gasteiger charge is 2.29. The second kappa shape index (κ2) is 12.8. The third kappa shape index (κ3) is 4.45. The normalized spacial score (nSPS) is 11.8. The molecule has 6 heteroatoms. The van der Waals surface area contributed by atoms with Gasteiger partial charge in [0, 0.05) is 54.5 Å². The quantitative estimate of drug-likeness (QED) is 0.178. The lowest BCUT2D eigenvalue weighted by molar-refractivity contribution is 1.07. The zero-order chi connectivity index (χ0) is 41.1. The molecule has 0 aliphatic carbocycles. The minimum absolute atomic E-state index is 0.461. The first-order chi connectivity index (χ1) is 30.7. The van der Waals surface area contributed by atoms with E-state index >= 15 is 0 Å². The first-order valence-corrected chi connectivity index (χ1v) is 20.7. The molecule has 13 aromatic rings. The molecule has 62 heavy (non-hydrogen) atoms. The van der Waals surface area contributed by atoms with Gasteiger partial charge in [0.1, 0.15) is 12.1 Å². The number of hydrogen-bond donors (Lipinski definition) is 0. The Morgan fingerprint density at radius 3 is 0.855 bits per heavy atom. The van der Waals surface area contributed by atoms with Crippen molar-refractivity contribution in [1.29, 1.82) is 10.5 Å². The van der Waals surface area contributed by atoms with Gasteiger partial charge in [0.25, 0.3) is 0 Å². The number of fused-ring (bicyclic) bond motifs is 14. The lowest BCUT2D eigenvalue weighted by Gasteiger charge is -2.21. The van der Waals surface area contributed by atoms with E-state index in [1.165, 1.54) is 0 Å². The maximum atomic E-state index is 11.3. The van der Waals surface area contributed by atoms with E-state index < -0.39 is 0 Å². The van der Waals surface area contributed by atoms with Crippen LogP contribution in [-0.4, -0.2) is 18.3 Å². The Labute approximate surface area is 354 Å². The number of rotatable bonds is 4. The summed E-state index contributed by atoms with van der Waals surface area (Å²) in [5.74, 6) is 0. The van der Waals surface area contributed by atoms with Crippen LogP contribution >= 0.6 is 0 Å². The molecule has 0 spiro atoms.